The number of carbonyl (C=O) groups is 1. The Morgan fingerprint density at radius 3 is 3.00 bits per heavy atom. The van der Waals surface area contributed by atoms with Gasteiger partial charge in [-0.05, 0) is 19.9 Å². The number of nitrogens with one attached hydrogen (secondary N) is 1. The van der Waals surface area contributed by atoms with E-state index in [1.807, 2.05) is 23.4 Å². The lowest BCUT2D eigenvalue weighted by molar-refractivity contribution is 0.0703. The highest BCUT2D eigenvalue weighted by molar-refractivity contribution is 7.12. The Morgan fingerprint density at radius 1 is 1.61 bits per heavy atom. The van der Waals surface area contributed by atoms with Crippen molar-refractivity contribution in [2.24, 2.45) is 0 Å². The largest absolute Gasteiger partial charge is 0.496 e. The van der Waals surface area contributed by atoms with Gasteiger partial charge in [0, 0.05) is 30.6 Å². The summed E-state index contributed by atoms with van der Waals surface area (Å²) in [4.78, 5) is 14.9. The maximum atomic E-state index is 12.2. The summed E-state index contributed by atoms with van der Waals surface area (Å²) in [5, 5.41) is 5.11. The van der Waals surface area contributed by atoms with Crippen LogP contribution in [0.5, 0.6) is 5.75 Å². The summed E-state index contributed by atoms with van der Waals surface area (Å²) < 4.78 is 5.10. The van der Waals surface area contributed by atoms with Gasteiger partial charge in [-0.25, -0.2) is 0 Å². The van der Waals surface area contributed by atoms with E-state index < -0.39 is 0 Å². The number of methoxy groups -OCH3 is 1. The SMILES string of the molecule is CNC1CCCN(C(=O)c2cc(OC)cs2)C1.Cl. The molecule has 0 radical (unpaired) electrons. The minimum atomic E-state index is 0. The van der Waals surface area contributed by atoms with Crippen LogP contribution in [0, 0.1) is 0 Å². The number of ether oxygens (including phenoxy) is 1. The second-order valence-corrected chi connectivity index (χ2v) is 5.14. The zero-order valence-electron chi connectivity index (χ0n) is 10.6. The van der Waals surface area contributed by atoms with Gasteiger partial charge in [0.15, 0.2) is 0 Å². The van der Waals surface area contributed by atoms with Crippen LogP contribution in [-0.2, 0) is 0 Å². The van der Waals surface area contributed by atoms with E-state index >= 15 is 0 Å². The van der Waals surface area contributed by atoms with Crippen LogP contribution < -0.4 is 10.1 Å². The van der Waals surface area contributed by atoms with Crippen LogP contribution in [-0.4, -0.2) is 44.1 Å². The normalized spacial score (nSPS) is 19.2. The summed E-state index contributed by atoms with van der Waals surface area (Å²) in [6.07, 6.45) is 2.22. The topological polar surface area (TPSA) is 41.6 Å². The Balaban J connectivity index is 0.00000162. The predicted molar refractivity (Wildman–Crippen MR) is 76.1 cm³/mol. The van der Waals surface area contributed by atoms with Gasteiger partial charge in [0.25, 0.3) is 5.91 Å². The van der Waals surface area contributed by atoms with E-state index in [1.165, 1.54) is 11.3 Å². The van der Waals surface area contributed by atoms with E-state index in [0.29, 0.717) is 6.04 Å². The summed E-state index contributed by atoms with van der Waals surface area (Å²) in [6, 6.07) is 2.24. The van der Waals surface area contributed by atoms with Crippen molar-refractivity contribution >= 4 is 29.7 Å². The molecule has 1 aliphatic rings. The average Bonchev–Trinajstić information content (AvgIpc) is 2.86. The first-order chi connectivity index (χ1) is 8.24. The summed E-state index contributed by atoms with van der Waals surface area (Å²) in [6.45, 7) is 1.66. The molecule has 0 spiro atoms. The van der Waals surface area contributed by atoms with Crippen LogP contribution in [0.3, 0.4) is 0 Å². The van der Waals surface area contributed by atoms with Crippen LogP contribution in [0.15, 0.2) is 11.4 Å². The third-order valence-corrected chi connectivity index (χ3v) is 4.04. The van der Waals surface area contributed by atoms with Crippen molar-refractivity contribution in [3.63, 3.8) is 0 Å². The van der Waals surface area contributed by atoms with Crippen molar-refractivity contribution in [3.05, 3.63) is 16.3 Å². The number of amides is 1. The Morgan fingerprint density at radius 2 is 2.39 bits per heavy atom. The van der Waals surface area contributed by atoms with Gasteiger partial charge in [0.05, 0.1) is 12.0 Å². The number of nitrogens with zero attached hydrogens (tertiary/aromatic N) is 1. The molecular formula is C12H19ClN2O2S. The highest BCUT2D eigenvalue weighted by atomic mass is 35.5. The third kappa shape index (κ3) is 3.37. The number of rotatable bonds is 3. The number of carbonyl (C=O) groups excluding carboxylic acids is 1. The third-order valence-electron chi connectivity index (χ3n) is 3.14. The van der Waals surface area contributed by atoms with Gasteiger partial charge in [-0.3, -0.25) is 4.79 Å². The highest BCUT2D eigenvalue weighted by Gasteiger charge is 2.24. The molecule has 1 N–H and O–H groups in total. The highest BCUT2D eigenvalue weighted by Crippen LogP contribution is 2.23. The Labute approximate surface area is 118 Å². The van der Waals surface area contributed by atoms with Gasteiger partial charge in [-0.2, -0.15) is 0 Å². The molecule has 18 heavy (non-hydrogen) atoms. The molecule has 1 unspecified atom stereocenters. The summed E-state index contributed by atoms with van der Waals surface area (Å²) in [5.74, 6) is 0.888. The molecule has 1 fully saturated rings. The first kappa shape index (κ1) is 15.3. The second-order valence-electron chi connectivity index (χ2n) is 4.23. The fraction of sp³-hybridized carbons (Fsp3) is 0.583. The fourth-order valence-corrected chi connectivity index (χ4v) is 2.91. The van der Waals surface area contributed by atoms with Gasteiger partial charge >= 0.3 is 0 Å². The number of piperidine rings is 1. The molecule has 1 saturated heterocycles. The molecule has 4 nitrogen and oxygen atoms in total. The monoisotopic (exact) mass is 290 g/mol. The number of thiophene rings is 1. The lowest BCUT2D eigenvalue weighted by Crippen LogP contribution is -2.46. The van der Waals surface area contributed by atoms with Crippen molar-refractivity contribution in [3.8, 4) is 5.75 Å². The van der Waals surface area contributed by atoms with Crippen LogP contribution in [0.4, 0.5) is 0 Å². The van der Waals surface area contributed by atoms with Crippen LogP contribution in [0.25, 0.3) is 0 Å². The number of likely N-dealkylation sites (N-methyl/N-ethyl adjacent to an activating group) is 1. The van der Waals surface area contributed by atoms with Crippen molar-refractivity contribution in [1.29, 1.82) is 0 Å². The maximum absolute atomic E-state index is 12.2. The molecule has 1 aromatic heterocycles. The van der Waals surface area contributed by atoms with Crippen molar-refractivity contribution in [2.75, 3.05) is 27.2 Å². The first-order valence-corrected chi connectivity index (χ1v) is 6.71. The van der Waals surface area contributed by atoms with Crippen molar-refractivity contribution in [1.82, 2.24) is 10.2 Å². The minimum Gasteiger partial charge on any atom is -0.496 e. The molecule has 1 atom stereocenters. The summed E-state index contributed by atoms with van der Waals surface area (Å²) >= 11 is 1.45. The molecule has 2 rings (SSSR count). The Hall–Kier alpha value is -0.780. The van der Waals surface area contributed by atoms with E-state index in [2.05, 4.69) is 5.32 Å². The maximum Gasteiger partial charge on any atom is 0.264 e. The Bertz CT molecular complexity index is 397. The molecule has 102 valence electrons. The zero-order valence-corrected chi connectivity index (χ0v) is 12.3. The molecular weight excluding hydrogens is 272 g/mol. The van der Waals surface area contributed by atoms with Gasteiger partial charge in [0.1, 0.15) is 5.75 Å². The predicted octanol–water partition coefficient (Wildman–Crippen LogP) is 2.00. The molecule has 6 heteroatoms. The summed E-state index contributed by atoms with van der Waals surface area (Å²) in [7, 11) is 3.57. The van der Waals surface area contributed by atoms with Gasteiger partial charge in [-0.1, -0.05) is 0 Å². The lowest BCUT2D eigenvalue weighted by Gasteiger charge is -2.32. The van der Waals surface area contributed by atoms with E-state index in [4.69, 9.17) is 4.74 Å². The number of likely N-dealkylation sites (tertiary alicyclic amines) is 1. The molecule has 0 aromatic carbocycles. The fourth-order valence-electron chi connectivity index (χ4n) is 2.09. The number of hydrogen-bond donors (Lipinski definition) is 1. The molecule has 1 aliphatic heterocycles. The smallest absolute Gasteiger partial charge is 0.264 e. The molecule has 2 heterocycles. The van der Waals surface area contributed by atoms with E-state index in [0.717, 1.165) is 36.6 Å². The minimum absolute atomic E-state index is 0. The van der Waals surface area contributed by atoms with Crippen LogP contribution in [0.2, 0.25) is 0 Å². The number of halogens is 1. The van der Waals surface area contributed by atoms with E-state index in [9.17, 15) is 4.79 Å². The molecule has 0 aliphatic carbocycles. The van der Waals surface area contributed by atoms with Crippen LogP contribution in [0.1, 0.15) is 22.5 Å². The quantitative estimate of drug-likeness (QED) is 0.926. The number of hydrogen-bond acceptors (Lipinski definition) is 4. The van der Waals surface area contributed by atoms with Gasteiger partial charge in [-0.15, -0.1) is 23.7 Å². The van der Waals surface area contributed by atoms with Crippen molar-refractivity contribution in [2.45, 2.75) is 18.9 Å². The van der Waals surface area contributed by atoms with Gasteiger partial charge in [0.2, 0.25) is 0 Å². The molecule has 1 aromatic rings. The van der Waals surface area contributed by atoms with Gasteiger partial charge < -0.3 is 15.0 Å². The second kappa shape index (κ2) is 6.97. The molecule has 1 amide bonds. The van der Waals surface area contributed by atoms with E-state index in [-0.39, 0.29) is 18.3 Å². The first-order valence-electron chi connectivity index (χ1n) is 5.83. The average molecular weight is 291 g/mol. The Kier molecular flexibility index (Phi) is 5.91. The van der Waals surface area contributed by atoms with Crippen molar-refractivity contribution < 1.29 is 9.53 Å². The standard InChI is InChI=1S/C12H18N2O2S.ClH/c1-13-9-4-3-5-14(7-9)12(15)11-6-10(16-2)8-17-11;/h6,8-9,13H,3-5,7H2,1-2H3;1H. The zero-order chi connectivity index (χ0) is 12.3. The lowest BCUT2D eigenvalue weighted by atomic mass is 10.1. The summed E-state index contributed by atoms with van der Waals surface area (Å²) in [5.41, 5.74) is 0. The van der Waals surface area contributed by atoms with Crippen LogP contribution >= 0.6 is 23.7 Å². The molecule has 0 saturated carbocycles. The molecule has 0 bridgehead atoms. The van der Waals surface area contributed by atoms with E-state index in [1.54, 1.807) is 7.11 Å².